The van der Waals surface area contributed by atoms with Crippen molar-refractivity contribution in [3.8, 4) is 0 Å². The van der Waals surface area contributed by atoms with Gasteiger partial charge in [0.25, 0.3) is 0 Å². The molecule has 0 spiro atoms. The highest BCUT2D eigenvalue weighted by Crippen LogP contribution is 2.60. The molecule has 0 aromatic carbocycles. The minimum Gasteiger partial charge on any atom is -0.354 e. The highest BCUT2D eigenvalue weighted by Gasteiger charge is 2.53. The third kappa shape index (κ3) is 4.69. The minimum atomic E-state index is 0.176. The number of hydrogen-bond donors (Lipinski definition) is 1. The molecule has 4 heterocycles. The molecule has 1 aliphatic carbocycles. The Labute approximate surface area is 189 Å². The van der Waals surface area contributed by atoms with Crippen molar-refractivity contribution >= 4 is 17.8 Å². The van der Waals surface area contributed by atoms with Crippen LogP contribution in [-0.4, -0.2) is 63.5 Å². The number of nitrogens with zero attached hydrogens (tertiary/aromatic N) is 6. The molecule has 1 amide bonds. The highest BCUT2D eigenvalue weighted by atomic mass is 16.2. The number of carbonyl (C=O) groups is 1. The molecule has 2 aromatic rings. The van der Waals surface area contributed by atoms with E-state index >= 15 is 0 Å². The number of aromatic nitrogens is 4. The van der Waals surface area contributed by atoms with Crippen molar-refractivity contribution in [2.24, 2.45) is 17.3 Å². The fourth-order valence-electron chi connectivity index (χ4n) is 5.27. The molecule has 5 rings (SSSR count). The Kier molecular flexibility index (Phi) is 5.93. The third-order valence-electron chi connectivity index (χ3n) is 7.61. The SMILES string of the molecule is C[C@@]1(CCNc2ncc(CC(=O)N3CCC3)cn2)C[C@@H]1C1CCN(c2ncccn2)CC1. The van der Waals surface area contributed by atoms with E-state index in [9.17, 15) is 4.79 Å². The monoisotopic (exact) mass is 435 g/mol. The lowest BCUT2D eigenvalue weighted by Gasteiger charge is -2.33. The molecule has 32 heavy (non-hydrogen) atoms. The average molecular weight is 436 g/mol. The van der Waals surface area contributed by atoms with Crippen LogP contribution in [0.3, 0.4) is 0 Å². The molecule has 1 N–H and O–H groups in total. The zero-order valence-electron chi connectivity index (χ0n) is 18.9. The van der Waals surface area contributed by atoms with Gasteiger partial charge in [0.05, 0.1) is 6.42 Å². The first-order chi connectivity index (χ1) is 15.6. The van der Waals surface area contributed by atoms with Gasteiger partial charge >= 0.3 is 0 Å². The molecule has 8 heteroatoms. The predicted octanol–water partition coefficient (Wildman–Crippen LogP) is 2.79. The van der Waals surface area contributed by atoms with Crippen LogP contribution >= 0.6 is 0 Å². The first-order valence-electron chi connectivity index (χ1n) is 12.0. The number of carbonyl (C=O) groups excluding carboxylic acids is 1. The number of amides is 1. The summed E-state index contributed by atoms with van der Waals surface area (Å²) in [5.41, 5.74) is 1.31. The number of rotatable bonds is 8. The summed E-state index contributed by atoms with van der Waals surface area (Å²) in [5, 5.41) is 3.38. The number of piperidine rings is 1. The molecule has 2 aliphatic heterocycles. The first kappa shape index (κ1) is 21.1. The largest absolute Gasteiger partial charge is 0.354 e. The van der Waals surface area contributed by atoms with Gasteiger partial charge in [-0.2, -0.15) is 0 Å². The van der Waals surface area contributed by atoms with Crippen LogP contribution in [0.1, 0.15) is 44.6 Å². The molecule has 3 aliphatic rings. The van der Waals surface area contributed by atoms with Crippen molar-refractivity contribution in [3.63, 3.8) is 0 Å². The lowest BCUT2D eigenvalue weighted by atomic mass is 9.86. The lowest BCUT2D eigenvalue weighted by Crippen LogP contribution is -2.42. The van der Waals surface area contributed by atoms with Crippen molar-refractivity contribution < 1.29 is 4.79 Å². The lowest BCUT2D eigenvalue weighted by molar-refractivity contribution is -0.133. The van der Waals surface area contributed by atoms with Crippen molar-refractivity contribution in [3.05, 3.63) is 36.4 Å². The van der Waals surface area contributed by atoms with Crippen LogP contribution in [-0.2, 0) is 11.2 Å². The normalized spacial score (nSPS) is 25.3. The van der Waals surface area contributed by atoms with E-state index in [0.717, 1.165) is 68.9 Å². The van der Waals surface area contributed by atoms with Crippen LogP contribution in [0.25, 0.3) is 0 Å². The van der Waals surface area contributed by atoms with Crippen molar-refractivity contribution in [1.29, 1.82) is 0 Å². The summed E-state index contributed by atoms with van der Waals surface area (Å²) < 4.78 is 0. The van der Waals surface area contributed by atoms with Crippen molar-refractivity contribution in [2.45, 2.75) is 45.4 Å². The van der Waals surface area contributed by atoms with Crippen LogP contribution in [0.5, 0.6) is 0 Å². The van der Waals surface area contributed by atoms with E-state index in [1.807, 2.05) is 23.4 Å². The van der Waals surface area contributed by atoms with Gasteiger partial charge in [0, 0.05) is 57.5 Å². The van der Waals surface area contributed by atoms with Crippen LogP contribution in [0, 0.1) is 17.3 Å². The maximum Gasteiger partial charge on any atom is 0.227 e. The number of hydrogen-bond acceptors (Lipinski definition) is 7. The summed E-state index contributed by atoms with van der Waals surface area (Å²) in [4.78, 5) is 33.9. The molecule has 1 saturated carbocycles. The number of anilines is 2. The Morgan fingerprint density at radius 2 is 1.81 bits per heavy atom. The van der Waals surface area contributed by atoms with E-state index in [4.69, 9.17) is 0 Å². The van der Waals surface area contributed by atoms with Crippen LogP contribution in [0.4, 0.5) is 11.9 Å². The first-order valence-corrected chi connectivity index (χ1v) is 12.0. The highest BCUT2D eigenvalue weighted by molar-refractivity contribution is 5.79. The maximum atomic E-state index is 12.1. The standard InChI is InChI=1S/C24H33N7O/c1-24(15-20(24)19-4-12-31(13-5-19)23-26-7-2-8-27-23)6-9-25-22-28-16-18(17-29-22)14-21(32)30-10-3-11-30/h2,7-8,16-17,19-20H,3-6,9-15H2,1H3,(H,25,28,29)/t20-,24-/m1/s1. The Morgan fingerprint density at radius 3 is 2.47 bits per heavy atom. The molecule has 170 valence electrons. The van der Waals surface area contributed by atoms with Crippen LogP contribution in [0.2, 0.25) is 0 Å². The van der Waals surface area contributed by atoms with E-state index < -0.39 is 0 Å². The predicted molar refractivity (Wildman–Crippen MR) is 123 cm³/mol. The van der Waals surface area contributed by atoms with Crippen molar-refractivity contribution in [1.82, 2.24) is 24.8 Å². The molecule has 2 aromatic heterocycles. The summed E-state index contributed by atoms with van der Waals surface area (Å²) in [5.74, 6) is 3.32. The number of likely N-dealkylation sites (tertiary alicyclic amines) is 1. The van der Waals surface area contributed by atoms with Gasteiger partial charge in [0.2, 0.25) is 17.8 Å². The summed E-state index contributed by atoms with van der Waals surface area (Å²) in [7, 11) is 0. The summed E-state index contributed by atoms with van der Waals surface area (Å²) in [6, 6.07) is 1.87. The van der Waals surface area contributed by atoms with Gasteiger partial charge in [-0.25, -0.2) is 19.9 Å². The van der Waals surface area contributed by atoms with Gasteiger partial charge in [-0.15, -0.1) is 0 Å². The summed E-state index contributed by atoms with van der Waals surface area (Å²) >= 11 is 0. The quantitative estimate of drug-likeness (QED) is 0.682. The molecular formula is C24H33N7O. The second kappa shape index (κ2) is 9.00. The molecule has 3 fully saturated rings. The second-order valence-electron chi connectivity index (χ2n) is 9.84. The smallest absolute Gasteiger partial charge is 0.227 e. The van der Waals surface area contributed by atoms with Crippen LogP contribution < -0.4 is 10.2 Å². The minimum absolute atomic E-state index is 0.176. The van der Waals surface area contributed by atoms with E-state index in [1.165, 1.54) is 19.3 Å². The van der Waals surface area contributed by atoms with Gasteiger partial charge < -0.3 is 15.1 Å². The van der Waals surface area contributed by atoms with Gasteiger partial charge in [0.15, 0.2) is 0 Å². The number of nitrogens with one attached hydrogen (secondary N) is 1. The van der Waals surface area contributed by atoms with E-state index in [0.29, 0.717) is 17.8 Å². The van der Waals surface area contributed by atoms with Crippen LogP contribution in [0.15, 0.2) is 30.9 Å². The third-order valence-corrected chi connectivity index (χ3v) is 7.61. The Bertz CT molecular complexity index is 910. The van der Waals surface area contributed by atoms with Crippen molar-refractivity contribution in [2.75, 3.05) is 42.9 Å². The summed E-state index contributed by atoms with van der Waals surface area (Å²) in [6.07, 6.45) is 13.6. The van der Waals surface area contributed by atoms with E-state index in [2.05, 4.69) is 37.1 Å². The van der Waals surface area contributed by atoms with E-state index in [-0.39, 0.29) is 5.91 Å². The molecular weight excluding hydrogens is 402 g/mol. The Balaban J connectivity index is 1.03. The maximum absolute atomic E-state index is 12.1. The van der Waals surface area contributed by atoms with Gasteiger partial charge in [-0.05, 0) is 61.0 Å². The second-order valence-corrected chi connectivity index (χ2v) is 9.84. The fraction of sp³-hybridized carbons (Fsp3) is 0.625. The molecule has 2 saturated heterocycles. The molecule has 8 nitrogen and oxygen atoms in total. The van der Waals surface area contributed by atoms with E-state index in [1.54, 1.807) is 12.4 Å². The molecule has 0 radical (unpaired) electrons. The Morgan fingerprint density at radius 1 is 1.09 bits per heavy atom. The zero-order chi connectivity index (χ0) is 22.0. The molecule has 0 bridgehead atoms. The van der Waals surface area contributed by atoms with Gasteiger partial charge in [-0.3, -0.25) is 4.79 Å². The zero-order valence-corrected chi connectivity index (χ0v) is 18.9. The Hall–Kier alpha value is -2.77. The molecule has 0 unspecified atom stereocenters. The van der Waals surface area contributed by atoms with Gasteiger partial charge in [-0.1, -0.05) is 6.92 Å². The summed E-state index contributed by atoms with van der Waals surface area (Å²) in [6.45, 7) is 7.20. The average Bonchev–Trinajstić information content (AvgIpc) is 3.46. The fourth-order valence-corrected chi connectivity index (χ4v) is 5.27. The molecule has 2 atom stereocenters. The topological polar surface area (TPSA) is 87.1 Å². The van der Waals surface area contributed by atoms with Gasteiger partial charge in [0.1, 0.15) is 0 Å².